The summed E-state index contributed by atoms with van der Waals surface area (Å²) in [6.07, 6.45) is 0.770. The highest BCUT2D eigenvalue weighted by molar-refractivity contribution is 7.99. The fourth-order valence-electron chi connectivity index (χ4n) is 3.31. The Labute approximate surface area is 178 Å². The molecule has 4 rings (SSSR count). The third kappa shape index (κ3) is 3.86. The predicted octanol–water partition coefficient (Wildman–Crippen LogP) is 4.63. The van der Waals surface area contributed by atoms with Crippen LogP contribution in [0.15, 0.2) is 82.7 Å². The van der Waals surface area contributed by atoms with Crippen molar-refractivity contribution >= 4 is 28.4 Å². The predicted molar refractivity (Wildman–Crippen MR) is 120 cm³/mol. The van der Waals surface area contributed by atoms with E-state index in [-0.39, 0.29) is 22.8 Å². The summed E-state index contributed by atoms with van der Waals surface area (Å²) in [6, 6.07) is 21.1. The normalized spacial score (nSPS) is 11.0. The van der Waals surface area contributed by atoms with Gasteiger partial charge in [0.15, 0.2) is 10.9 Å². The van der Waals surface area contributed by atoms with Crippen molar-refractivity contribution in [3.05, 3.63) is 94.3 Å². The van der Waals surface area contributed by atoms with Crippen LogP contribution in [-0.4, -0.2) is 26.2 Å². The summed E-state index contributed by atoms with van der Waals surface area (Å²) in [4.78, 5) is 30.7. The number of hydrogen-bond acceptors (Lipinski definition) is 5. The van der Waals surface area contributed by atoms with E-state index in [9.17, 15) is 14.7 Å². The number of aryl methyl sites for hydroxylation is 1. The molecule has 0 radical (unpaired) electrons. The molecule has 5 nitrogen and oxygen atoms in total. The van der Waals surface area contributed by atoms with Gasteiger partial charge in [0.2, 0.25) is 0 Å². The lowest BCUT2D eigenvalue weighted by Crippen LogP contribution is -2.23. The number of aromatic nitrogens is 2. The number of phenolic OH excluding ortho intramolecular Hbond substituents is 1. The standard InChI is InChI=1S/C24H20N2O3S/c1-2-16-7-3-6-10-21(16)26-23(29)19-8-4-5-9-20(19)25-24(26)30-15-22(28)17-11-13-18(27)14-12-17/h3-14,27H,2,15H2,1H3. The molecule has 1 aromatic heterocycles. The van der Waals surface area contributed by atoms with Crippen molar-refractivity contribution in [3.8, 4) is 11.4 Å². The molecule has 150 valence electrons. The van der Waals surface area contributed by atoms with Gasteiger partial charge in [-0.05, 0) is 54.4 Å². The quantitative estimate of drug-likeness (QED) is 0.282. The first-order chi connectivity index (χ1) is 14.6. The van der Waals surface area contributed by atoms with Crippen LogP contribution in [0.1, 0.15) is 22.8 Å². The van der Waals surface area contributed by atoms with Crippen LogP contribution in [-0.2, 0) is 6.42 Å². The molecule has 0 aliphatic carbocycles. The molecule has 0 atom stereocenters. The van der Waals surface area contributed by atoms with Crippen molar-refractivity contribution in [2.45, 2.75) is 18.5 Å². The number of fused-ring (bicyclic) bond motifs is 1. The lowest BCUT2D eigenvalue weighted by molar-refractivity contribution is 0.102. The van der Waals surface area contributed by atoms with Crippen LogP contribution in [0.25, 0.3) is 16.6 Å². The van der Waals surface area contributed by atoms with Crippen LogP contribution in [0.4, 0.5) is 0 Å². The van der Waals surface area contributed by atoms with E-state index in [1.165, 1.54) is 23.9 Å². The molecule has 6 heteroatoms. The van der Waals surface area contributed by atoms with Crippen LogP contribution in [0, 0.1) is 0 Å². The van der Waals surface area contributed by atoms with Gasteiger partial charge >= 0.3 is 0 Å². The first-order valence-corrected chi connectivity index (χ1v) is 10.6. The molecule has 0 spiro atoms. The van der Waals surface area contributed by atoms with Crippen molar-refractivity contribution in [2.75, 3.05) is 5.75 Å². The second-order valence-electron chi connectivity index (χ2n) is 6.79. The SMILES string of the molecule is CCc1ccccc1-n1c(SCC(=O)c2ccc(O)cc2)nc2ccccc2c1=O. The van der Waals surface area contributed by atoms with Crippen LogP contribution < -0.4 is 5.56 Å². The number of hydrogen-bond donors (Lipinski definition) is 1. The summed E-state index contributed by atoms with van der Waals surface area (Å²) in [5.74, 6) is 0.141. The molecule has 0 saturated heterocycles. The Kier molecular flexibility index (Phi) is 5.68. The second kappa shape index (κ2) is 8.55. The average Bonchev–Trinajstić information content (AvgIpc) is 2.78. The molecule has 0 unspecified atom stereocenters. The number of thioether (sulfide) groups is 1. The van der Waals surface area contributed by atoms with E-state index in [1.807, 2.05) is 43.3 Å². The molecule has 0 bridgehead atoms. The number of carbonyl (C=O) groups is 1. The van der Waals surface area contributed by atoms with E-state index in [2.05, 4.69) is 0 Å². The van der Waals surface area contributed by atoms with E-state index in [4.69, 9.17) is 4.98 Å². The molecule has 1 heterocycles. The Morgan fingerprint density at radius 2 is 1.70 bits per heavy atom. The molecule has 0 aliphatic heterocycles. The number of aromatic hydroxyl groups is 1. The Morgan fingerprint density at radius 3 is 2.47 bits per heavy atom. The van der Waals surface area contributed by atoms with Crippen LogP contribution in [0.2, 0.25) is 0 Å². The van der Waals surface area contributed by atoms with Gasteiger partial charge in [0.25, 0.3) is 5.56 Å². The Morgan fingerprint density at radius 1 is 1.00 bits per heavy atom. The minimum atomic E-state index is -0.152. The van der Waals surface area contributed by atoms with Gasteiger partial charge in [0.1, 0.15) is 5.75 Å². The molecule has 3 aromatic carbocycles. The number of para-hydroxylation sites is 2. The molecular formula is C24H20N2O3S. The van der Waals surface area contributed by atoms with E-state index < -0.39 is 0 Å². The van der Waals surface area contributed by atoms with Gasteiger partial charge in [0, 0.05) is 5.56 Å². The fourth-order valence-corrected chi connectivity index (χ4v) is 4.21. The molecule has 0 aliphatic rings. The molecule has 0 fully saturated rings. The van der Waals surface area contributed by atoms with Crippen molar-refractivity contribution in [3.63, 3.8) is 0 Å². The number of rotatable bonds is 6. The van der Waals surface area contributed by atoms with Gasteiger partial charge in [0.05, 0.1) is 22.3 Å². The third-order valence-corrected chi connectivity index (χ3v) is 5.82. The van der Waals surface area contributed by atoms with Crippen molar-refractivity contribution in [1.29, 1.82) is 0 Å². The number of ketones is 1. The summed E-state index contributed by atoms with van der Waals surface area (Å²) >= 11 is 1.24. The van der Waals surface area contributed by atoms with Gasteiger partial charge in [-0.15, -0.1) is 0 Å². The summed E-state index contributed by atoms with van der Waals surface area (Å²) in [5.41, 5.74) is 2.77. The molecule has 0 amide bonds. The number of nitrogens with zero attached hydrogens (tertiary/aromatic N) is 2. The second-order valence-corrected chi connectivity index (χ2v) is 7.74. The maximum atomic E-state index is 13.4. The van der Waals surface area contributed by atoms with E-state index in [0.717, 1.165) is 17.7 Å². The summed E-state index contributed by atoms with van der Waals surface area (Å²) < 4.78 is 1.61. The lowest BCUT2D eigenvalue weighted by Gasteiger charge is -2.15. The highest BCUT2D eigenvalue weighted by Crippen LogP contribution is 2.24. The maximum Gasteiger partial charge on any atom is 0.266 e. The Bertz CT molecular complexity index is 1280. The van der Waals surface area contributed by atoms with Gasteiger partial charge in [-0.2, -0.15) is 0 Å². The van der Waals surface area contributed by atoms with Crippen molar-refractivity contribution in [1.82, 2.24) is 9.55 Å². The fraction of sp³-hybridized carbons (Fsp3) is 0.125. The smallest absolute Gasteiger partial charge is 0.266 e. The molecular weight excluding hydrogens is 396 g/mol. The van der Waals surface area contributed by atoms with Crippen LogP contribution in [0.5, 0.6) is 5.75 Å². The first kappa shape index (κ1) is 19.9. The molecule has 30 heavy (non-hydrogen) atoms. The zero-order valence-corrected chi connectivity index (χ0v) is 17.2. The topological polar surface area (TPSA) is 72.2 Å². The summed E-state index contributed by atoms with van der Waals surface area (Å²) in [5, 5.41) is 10.4. The number of benzene rings is 3. The Balaban J connectivity index is 1.79. The highest BCUT2D eigenvalue weighted by Gasteiger charge is 2.17. The van der Waals surface area contributed by atoms with E-state index in [1.54, 1.807) is 28.8 Å². The zero-order valence-electron chi connectivity index (χ0n) is 16.4. The first-order valence-electron chi connectivity index (χ1n) is 9.63. The number of carbonyl (C=O) groups excluding carboxylic acids is 1. The van der Waals surface area contributed by atoms with Gasteiger partial charge in [-0.1, -0.05) is 49.0 Å². The Hall–Kier alpha value is -3.38. The average molecular weight is 417 g/mol. The third-order valence-electron chi connectivity index (χ3n) is 4.88. The summed E-state index contributed by atoms with van der Waals surface area (Å²) in [6.45, 7) is 2.04. The van der Waals surface area contributed by atoms with Crippen molar-refractivity contribution in [2.24, 2.45) is 0 Å². The minimum absolute atomic E-state index is 0.0993. The van der Waals surface area contributed by atoms with Gasteiger partial charge < -0.3 is 5.11 Å². The molecule has 4 aromatic rings. The van der Waals surface area contributed by atoms with Gasteiger partial charge in [-0.3, -0.25) is 14.2 Å². The number of phenols is 1. The monoisotopic (exact) mass is 416 g/mol. The zero-order chi connectivity index (χ0) is 21.1. The largest absolute Gasteiger partial charge is 0.508 e. The summed E-state index contributed by atoms with van der Waals surface area (Å²) in [7, 11) is 0. The van der Waals surface area contributed by atoms with E-state index >= 15 is 0 Å². The van der Waals surface area contributed by atoms with Gasteiger partial charge in [-0.25, -0.2) is 4.98 Å². The van der Waals surface area contributed by atoms with Crippen LogP contribution >= 0.6 is 11.8 Å². The number of Topliss-reactive ketones (excluding diaryl/α,β-unsaturated/α-hetero) is 1. The minimum Gasteiger partial charge on any atom is -0.508 e. The molecule has 0 saturated carbocycles. The van der Waals surface area contributed by atoms with E-state index in [0.29, 0.717) is 21.6 Å². The maximum absolute atomic E-state index is 13.4. The lowest BCUT2D eigenvalue weighted by atomic mass is 10.1. The highest BCUT2D eigenvalue weighted by atomic mass is 32.2. The van der Waals surface area contributed by atoms with Crippen molar-refractivity contribution < 1.29 is 9.90 Å². The van der Waals surface area contributed by atoms with Crippen LogP contribution in [0.3, 0.4) is 0 Å². The molecule has 1 N–H and O–H groups in total.